The second kappa shape index (κ2) is 6.47. The van der Waals surface area contributed by atoms with Crippen LogP contribution in [0.3, 0.4) is 0 Å². The van der Waals surface area contributed by atoms with E-state index < -0.39 is 6.61 Å². The number of H-pyrrole nitrogens is 1. The largest absolute Gasteiger partial charge is 0.435 e. The summed E-state index contributed by atoms with van der Waals surface area (Å²) in [6.07, 6.45) is 0. The number of carbonyl (C=O) groups is 1. The summed E-state index contributed by atoms with van der Waals surface area (Å²) in [6.45, 7) is -1.11. The molecule has 1 aromatic carbocycles. The monoisotopic (exact) mass is 299 g/mol. The van der Waals surface area contributed by atoms with Gasteiger partial charge in [0.05, 0.1) is 5.75 Å². The van der Waals surface area contributed by atoms with Gasteiger partial charge in [0.1, 0.15) is 11.6 Å². The van der Waals surface area contributed by atoms with Crippen LogP contribution in [0.2, 0.25) is 0 Å². The first-order valence-electron chi connectivity index (χ1n) is 5.64. The highest BCUT2D eigenvalue weighted by Gasteiger charge is 2.10. The number of nitrogens with zero attached hydrogens (tertiary/aromatic N) is 2. The Kier molecular flexibility index (Phi) is 4.67. The zero-order valence-corrected chi connectivity index (χ0v) is 11.3. The normalized spacial score (nSPS) is 10.8. The molecule has 1 N–H and O–H groups in total. The Bertz CT molecular complexity index is 587. The van der Waals surface area contributed by atoms with Gasteiger partial charge in [0.2, 0.25) is 5.16 Å². The van der Waals surface area contributed by atoms with Gasteiger partial charge in [-0.2, -0.15) is 8.78 Å². The molecule has 0 spiro atoms. The topological polar surface area (TPSA) is 67.9 Å². The standard InChI is InChI=1S/C12H11F2N3O2S/c1-7-15-12(17-16-7)20-6-10(18)8-2-4-9(5-3-8)19-11(13)14/h2-5,11H,6H2,1H3,(H,15,16,17). The lowest BCUT2D eigenvalue weighted by molar-refractivity contribution is -0.0498. The maximum Gasteiger partial charge on any atom is 0.387 e. The van der Waals surface area contributed by atoms with Gasteiger partial charge in [-0.3, -0.25) is 9.89 Å². The number of Topliss-reactive ketones (excluding diaryl/α,β-unsaturated/α-hetero) is 1. The van der Waals surface area contributed by atoms with Crippen molar-refractivity contribution in [2.45, 2.75) is 18.7 Å². The molecule has 0 saturated heterocycles. The number of ether oxygens (including phenoxy) is 1. The first kappa shape index (κ1) is 14.4. The van der Waals surface area contributed by atoms with Gasteiger partial charge in [0.25, 0.3) is 0 Å². The van der Waals surface area contributed by atoms with Crippen molar-refractivity contribution in [3.05, 3.63) is 35.7 Å². The highest BCUT2D eigenvalue weighted by atomic mass is 32.2. The molecule has 0 atom stereocenters. The van der Waals surface area contributed by atoms with Crippen LogP contribution in [0.25, 0.3) is 0 Å². The van der Waals surface area contributed by atoms with Gasteiger partial charge in [-0.15, -0.1) is 5.10 Å². The number of hydrogen-bond donors (Lipinski definition) is 1. The Morgan fingerprint density at radius 3 is 2.65 bits per heavy atom. The number of aryl methyl sites for hydroxylation is 1. The minimum atomic E-state index is -2.87. The van der Waals surface area contributed by atoms with E-state index in [-0.39, 0.29) is 17.3 Å². The molecule has 0 saturated carbocycles. The molecule has 0 fully saturated rings. The smallest absolute Gasteiger partial charge is 0.387 e. The molecule has 1 heterocycles. The third-order valence-electron chi connectivity index (χ3n) is 2.31. The van der Waals surface area contributed by atoms with Crippen molar-refractivity contribution in [2.24, 2.45) is 0 Å². The molecule has 2 rings (SSSR count). The molecule has 20 heavy (non-hydrogen) atoms. The van der Waals surface area contributed by atoms with E-state index in [1.165, 1.54) is 36.0 Å². The molecular weight excluding hydrogens is 288 g/mol. The van der Waals surface area contributed by atoms with Gasteiger partial charge >= 0.3 is 6.61 Å². The Balaban J connectivity index is 1.92. The van der Waals surface area contributed by atoms with Gasteiger partial charge in [-0.25, -0.2) is 4.98 Å². The van der Waals surface area contributed by atoms with E-state index in [2.05, 4.69) is 19.9 Å². The quantitative estimate of drug-likeness (QED) is 0.656. The number of thioether (sulfide) groups is 1. The van der Waals surface area contributed by atoms with Crippen LogP contribution < -0.4 is 4.74 Å². The Morgan fingerprint density at radius 1 is 1.40 bits per heavy atom. The van der Waals surface area contributed by atoms with Crippen molar-refractivity contribution in [3.63, 3.8) is 0 Å². The Labute approximate surface area is 117 Å². The number of nitrogens with one attached hydrogen (secondary N) is 1. The molecule has 0 bridgehead atoms. The van der Waals surface area contributed by atoms with Crippen LogP contribution in [0, 0.1) is 6.92 Å². The number of halogens is 2. The summed E-state index contributed by atoms with van der Waals surface area (Å²) in [5, 5.41) is 7.07. The number of benzene rings is 1. The molecular formula is C12H11F2N3O2S. The van der Waals surface area contributed by atoms with E-state index in [9.17, 15) is 13.6 Å². The first-order valence-corrected chi connectivity index (χ1v) is 6.63. The lowest BCUT2D eigenvalue weighted by atomic mass is 10.1. The zero-order valence-electron chi connectivity index (χ0n) is 10.5. The summed E-state index contributed by atoms with van der Waals surface area (Å²) in [5.41, 5.74) is 0.423. The predicted octanol–water partition coefficient (Wildman–Crippen LogP) is 2.69. The Hall–Kier alpha value is -1.96. The van der Waals surface area contributed by atoms with Gasteiger partial charge in [-0.1, -0.05) is 11.8 Å². The summed E-state index contributed by atoms with van der Waals surface area (Å²) in [5.74, 6) is 0.732. The van der Waals surface area contributed by atoms with Crippen LogP contribution >= 0.6 is 11.8 Å². The van der Waals surface area contributed by atoms with E-state index in [1.807, 2.05) is 0 Å². The van der Waals surface area contributed by atoms with Crippen LogP contribution in [-0.4, -0.2) is 33.3 Å². The van der Waals surface area contributed by atoms with Crippen LogP contribution in [-0.2, 0) is 0 Å². The molecule has 8 heteroatoms. The fraction of sp³-hybridized carbons (Fsp3) is 0.250. The number of carbonyl (C=O) groups excluding carboxylic acids is 1. The average Bonchev–Trinajstić information content (AvgIpc) is 2.82. The number of rotatable bonds is 6. The number of hydrogen-bond acceptors (Lipinski definition) is 5. The zero-order chi connectivity index (χ0) is 14.5. The third-order valence-corrected chi connectivity index (χ3v) is 3.16. The van der Waals surface area contributed by atoms with E-state index in [1.54, 1.807) is 6.92 Å². The number of ketones is 1. The maximum absolute atomic E-state index is 12.0. The molecule has 0 unspecified atom stereocenters. The van der Waals surface area contributed by atoms with Gasteiger partial charge in [-0.05, 0) is 31.2 Å². The second-order valence-corrected chi connectivity index (χ2v) is 4.76. The van der Waals surface area contributed by atoms with E-state index in [0.717, 1.165) is 0 Å². The van der Waals surface area contributed by atoms with Crippen molar-refractivity contribution in [2.75, 3.05) is 5.75 Å². The van der Waals surface area contributed by atoms with Crippen molar-refractivity contribution in [1.82, 2.24) is 15.2 Å². The first-order chi connectivity index (χ1) is 9.54. The summed E-state index contributed by atoms with van der Waals surface area (Å²) in [6, 6.07) is 5.57. The van der Waals surface area contributed by atoms with Crippen LogP contribution in [0.1, 0.15) is 16.2 Å². The Morgan fingerprint density at radius 2 is 2.10 bits per heavy atom. The van der Waals surface area contributed by atoms with Crippen molar-refractivity contribution in [1.29, 1.82) is 0 Å². The summed E-state index contributed by atoms with van der Waals surface area (Å²) >= 11 is 1.20. The molecule has 5 nitrogen and oxygen atoms in total. The minimum Gasteiger partial charge on any atom is -0.435 e. The van der Waals surface area contributed by atoms with Gasteiger partial charge in [0, 0.05) is 5.56 Å². The van der Waals surface area contributed by atoms with E-state index in [0.29, 0.717) is 16.5 Å². The molecule has 0 aliphatic rings. The summed E-state index contributed by atoms with van der Waals surface area (Å²) < 4.78 is 28.2. The minimum absolute atomic E-state index is 0.0220. The lowest BCUT2D eigenvalue weighted by Crippen LogP contribution is -2.04. The van der Waals surface area contributed by atoms with Crippen molar-refractivity contribution >= 4 is 17.5 Å². The highest BCUT2D eigenvalue weighted by Crippen LogP contribution is 2.18. The molecule has 2 aromatic rings. The summed E-state index contributed by atoms with van der Waals surface area (Å²) in [7, 11) is 0. The van der Waals surface area contributed by atoms with Gasteiger partial charge < -0.3 is 4.74 Å². The molecule has 106 valence electrons. The molecule has 0 aliphatic carbocycles. The molecule has 0 aliphatic heterocycles. The second-order valence-electron chi connectivity index (χ2n) is 3.82. The van der Waals surface area contributed by atoms with E-state index in [4.69, 9.17) is 0 Å². The fourth-order valence-corrected chi connectivity index (χ4v) is 2.16. The van der Waals surface area contributed by atoms with Crippen molar-refractivity contribution in [3.8, 4) is 5.75 Å². The maximum atomic E-state index is 12.0. The predicted molar refractivity (Wildman–Crippen MR) is 69.2 cm³/mol. The van der Waals surface area contributed by atoms with Crippen LogP contribution in [0.15, 0.2) is 29.4 Å². The number of aromatic amines is 1. The SMILES string of the molecule is Cc1nc(SCC(=O)c2ccc(OC(F)F)cc2)n[nH]1. The summed E-state index contributed by atoms with van der Waals surface area (Å²) in [4.78, 5) is 15.9. The molecule has 0 amide bonds. The van der Waals surface area contributed by atoms with Crippen molar-refractivity contribution < 1.29 is 18.3 Å². The average molecular weight is 299 g/mol. The van der Waals surface area contributed by atoms with Gasteiger partial charge in [0.15, 0.2) is 5.78 Å². The van der Waals surface area contributed by atoms with Crippen LogP contribution in [0.5, 0.6) is 5.75 Å². The highest BCUT2D eigenvalue weighted by molar-refractivity contribution is 7.99. The lowest BCUT2D eigenvalue weighted by Gasteiger charge is -2.04. The van der Waals surface area contributed by atoms with E-state index >= 15 is 0 Å². The molecule has 0 radical (unpaired) electrons. The fourth-order valence-electron chi connectivity index (χ4n) is 1.42. The molecule has 1 aromatic heterocycles. The number of aromatic nitrogens is 3. The number of alkyl halides is 2. The van der Waals surface area contributed by atoms with Crippen LogP contribution in [0.4, 0.5) is 8.78 Å². The third kappa shape index (κ3) is 4.02.